The first-order valence-corrected chi connectivity index (χ1v) is 5.21. The zero-order valence-corrected chi connectivity index (χ0v) is 9.40. The van der Waals surface area contributed by atoms with Crippen molar-refractivity contribution in [2.24, 2.45) is 0 Å². The highest BCUT2D eigenvalue weighted by atomic mass is 79.9. The Hall–Kier alpha value is -0.550. The predicted octanol–water partition coefficient (Wildman–Crippen LogP) is 3.39. The lowest BCUT2D eigenvalue weighted by atomic mass is 10.1. The minimum absolute atomic E-state index is 0.0352. The lowest BCUT2D eigenvalue weighted by molar-refractivity contribution is -0.137. The SMILES string of the molecule is OCCCc1ccc(C(F)(F)F)cc1Br. The van der Waals surface area contributed by atoms with E-state index in [1.54, 1.807) is 0 Å². The second-order valence-corrected chi connectivity index (χ2v) is 3.99. The van der Waals surface area contributed by atoms with Gasteiger partial charge in [0, 0.05) is 11.1 Å². The molecule has 0 aliphatic heterocycles. The van der Waals surface area contributed by atoms with Crippen LogP contribution in [0.15, 0.2) is 22.7 Å². The van der Waals surface area contributed by atoms with Gasteiger partial charge in [0.1, 0.15) is 0 Å². The largest absolute Gasteiger partial charge is 0.416 e. The average molecular weight is 283 g/mol. The van der Waals surface area contributed by atoms with Crippen LogP contribution >= 0.6 is 15.9 Å². The van der Waals surface area contributed by atoms with E-state index < -0.39 is 11.7 Å². The van der Waals surface area contributed by atoms with E-state index in [0.29, 0.717) is 17.3 Å². The van der Waals surface area contributed by atoms with Gasteiger partial charge in [-0.1, -0.05) is 22.0 Å². The summed E-state index contributed by atoms with van der Waals surface area (Å²) < 4.78 is 37.3. The summed E-state index contributed by atoms with van der Waals surface area (Å²) in [4.78, 5) is 0. The van der Waals surface area contributed by atoms with E-state index in [9.17, 15) is 13.2 Å². The van der Waals surface area contributed by atoms with Crippen LogP contribution < -0.4 is 0 Å². The summed E-state index contributed by atoms with van der Waals surface area (Å²) in [6.07, 6.45) is -3.20. The van der Waals surface area contributed by atoms with Crippen molar-refractivity contribution >= 4 is 15.9 Å². The molecular weight excluding hydrogens is 273 g/mol. The van der Waals surface area contributed by atoms with Crippen molar-refractivity contribution < 1.29 is 18.3 Å². The maximum absolute atomic E-state index is 12.3. The maximum Gasteiger partial charge on any atom is 0.416 e. The van der Waals surface area contributed by atoms with Gasteiger partial charge in [0.05, 0.1) is 5.56 Å². The quantitative estimate of drug-likeness (QED) is 0.901. The second kappa shape index (κ2) is 4.99. The topological polar surface area (TPSA) is 20.2 Å². The highest BCUT2D eigenvalue weighted by molar-refractivity contribution is 9.10. The van der Waals surface area contributed by atoms with E-state index in [1.165, 1.54) is 6.07 Å². The molecule has 84 valence electrons. The van der Waals surface area contributed by atoms with Crippen molar-refractivity contribution in [2.45, 2.75) is 19.0 Å². The lowest BCUT2D eigenvalue weighted by Gasteiger charge is -2.09. The maximum atomic E-state index is 12.3. The van der Waals surface area contributed by atoms with Crippen LogP contribution in [0.2, 0.25) is 0 Å². The van der Waals surface area contributed by atoms with Gasteiger partial charge in [-0.2, -0.15) is 13.2 Å². The number of halogens is 4. The Bertz CT molecular complexity index is 336. The predicted molar refractivity (Wildman–Crippen MR) is 54.6 cm³/mol. The fraction of sp³-hybridized carbons (Fsp3) is 0.400. The molecular formula is C10H10BrF3O. The molecule has 0 spiro atoms. The summed E-state index contributed by atoms with van der Waals surface area (Å²) in [7, 11) is 0. The Balaban J connectivity index is 2.88. The van der Waals surface area contributed by atoms with Crippen LogP contribution in [0, 0.1) is 0 Å². The Morgan fingerprint density at radius 1 is 1.27 bits per heavy atom. The smallest absolute Gasteiger partial charge is 0.396 e. The monoisotopic (exact) mass is 282 g/mol. The van der Waals surface area contributed by atoms with Crippen LogP contribution in [0.4, 0.5) is 13.2 Å². The van der Waals surface area contributed by atoms with Gasteiger partial charge in [-0.05, 0) is 30.5 Å². The van der Waals surface area contributed by atoms with Crippen molar-refractivity contribution in [3.05, 3.63) is 33.8 Å². The van der Waals surface area contributed by atoms with Crippen molar-refractivity contribution in [3.8, 4) is 0 Å². The van der Waals surface area contributed by atoms with Gasteiger partial charge in [0.15, 0.2) is 0 Å². The fourth-order valence-electron chi connectivity index (χ4n) is 1.20. The molecule has 1 N–H and O–H groups in total. The normalized spacial score (nSPS) is 11.8. The number of benzene rings is 1. The van der Waals surface area contributed by atoms with Crippen LogP contribution in [0.1, 0.15) is 17.5 Å². The van der Waals surface area contributed by atoms with E-state index in [-0.39, 0.29) is 6.61 Å². The van der Waals surface area contributed by atoms with Gasteiger partial charge >= 0.3 is 6.18 Å². The number of aliphatic hydroxyl groups is 1. The van der Waals surface area contributed by atoms with E-state index in [2.05, 4.69) is 15.9 Å². The molecule has 1 nitrogen and oxygen atoms in total. The zero-order chi connectivity index (χ0) is 11.5. The third-order valence-corrected chi connectivity index (χ3v) is 2.72. The molecule has 1 aromatic carbocycles. The summed E-state index contributed by atoms with van der Waals surface area (Å²) in [5.41, 5.74) is 0.110. The molecule has 0 amide bonds. The Labute approximate surface area is 94.0 Å². The molecule has 0 saturated heterocycles. The van der Waals surface area contributed by atoms with E-state index >= 15 is 0 Å². The molecule has 0 atom stereocenters. The van der Waals surface area contributed by atoms with Gasteiger partial charge in [-0.15, -0.1) is 0 Å². The molecule has 1 aromatic rings. The number of hydrogen-bond acceptors (Lipinski definition) is 1. The van der Waals surface area contributed by atoms with Gasteiger partial charge in [0.25, 0.3) is 0 Å². The van der Waals surface area contributed by atoms with Gasteiger partial charge in [-0.3, -0.25) is 0 Å². The molecule has 5 heteroatoms. The highest BCUT2D eigenvalue weighted by Gasteiger charge is 2.30. The third-order valence-electron chi connectivity index (χ3n) is 1.98. The van der Waals surface area contributed by atoms with Crippen molar-refractivity contribution in [1.82, 2.24) is 0 Å². The number of aliphatic hydroxyl groups excluding tert-OH is 1. The molecule has 0 bridgehead atoms. The summed E-state index contributed by atoms with van der Waals surface area (Å²) in [6.45, 7) is 0.0352. The van der Waals surface area contributed by atoms with Crippen LogP contribution in [-0.4, -0.2) is 11.7 Å². The van der Waals surface area contributed by atoms with Crippen molar-refractivity contribution in [3.63, 3.8) is 0 Å². The minimum atomic E-state index is -4.31. The van der Waals surface area contributed by atoms with Gasteiger partial charge < -0.3 is 5.11 Å². The second-order valence-electron chi connectivity index (χ2n) is 3.13. The van der Waals surface area contributed by atoms with Crippen molar-refractivity contribution in [1.29, 1.82) is 0 Å². The molecule has 0 saturated carbocycles. The average Bonchev–Trinajstić information content (AvgIpc) is 2.14. The molecule has 1 rings (SSSR count). The molecule has 0 aliphatic rings. The Morgan fingerprint density at radius 3 is 2.40 bits per heavy atom. The Kier molecular flexibility index (Phi) is 4.16. The molecule has 0 unspecified atom stereocenters. The summed E-state index contributed by atoms with van der Waals surface area (Å²) in [5.74, 6) is 0. The molecule has 0 heterocycles. The summed E-state index contributed by atoms with van der Waals surface area (Å²) >= 11 is 3.09. The van der Waals surface area contributed by atoms with Crippen LogP contribution in [-0.2, 0) is 12.6 Å². The number of alkyl halides is 3. The molecule has 15 heavy (non-hydrogen) atoms. The van der Waals surface area contributed by atoms with Crippen molar-refractivity contribution in [2.75, 3.05) is 6.61 Å². The number of aryl methyl sites for hydroxylation is 1. The third kappa shape index (κ3) is 3.50. The molecule has 0 fully saturated rings. The van der Waals surface area contributed by atoms with Crippen LogP contribution in [0.3, 0.4) is 0 Å². The first-order chi connectivity index (χ1) is 6.95. The van der Waals surface area contributed by atoms with Crippen LogP contribution in [0.25, 0.3) is 0 Å². The first-order valence-electron chi connectivity index (χ1n) is 4.41. The number of hydrogen-bond donors (Lipinski definition) is 1. The standard InChI is InChI=1S/C10H10BrF3O/c11-9-6-8(10(12,13)14)4-3-7(9)2-1-5-15/h3-4,6,15H,1-2,5H2. The van der Waals surface area contributed by atoms with Gasteiger partial charge in [-0.25, -0.2) is 0 Å². The zero-order valence-electron chi connectivity index (χ0n) is 7.81. The lowest BCUT2D eigenvalue weighted by Crippen LogP contribution is -2.05. The Morgan fingerprint density at radius 2 is 1.93 bits per heavy atom. The summed E-state index contributed by atoms with van der Waals surface area (Å²) in [6, 6.07) is 3.55. The minimum Gasteiger partial charge on any atom is -0.396 e. The van der Waals surface area contributed by atoms with E-state index in [0.717, 1.165) is 17.7 Å². The highest BCUT2D eigenvalue weighted by Crippen LogP contribution is 2.32. The fourth-order valence-corrected chi connectivity index (χ4v) is 1.77. The number of rotatable bonds is 3. The molecule has 0 aromatic heterocycles. The van der Waals surface area contributed by atoms with Crippen LogP contribution in [0.5, 0.6) is 0 Å². The molecule has 0 radical (unpaired) electrons. The summed E-state index contributed by atoms with van der Waals surface area (Å²) in [5, 5.41) is 8.61. The molecule has 0 aliphatic carbocycles. The van der Waals surface area contributed by atoms with E-state index in [4.69, 9.17) is 5.11 Å². The van der Waals surface area contributed by atoms with E-state index in [1.807, 2.05) is 0 Å². The van der Waals surface area contributed by atoms with Gasteiger partial charge in [0.2, 0.25) is 0 Å². The first kappa shape index (κ1) is 12.5.